The maximum absolute atomic E-state index is 2.47. The SMILES string of the molecule is Br.CCCCCCCCCCCCCCCC[P](C)(C)C. The summed E-state index contributed by atoms with van der Waals surface area (Å²) < 4.78 is 0. The van der Waals surface area contributed by atoms with Crippen molar-refractivity contribution < 1.29 is 0 Å². The van der Waals surface area contributed by atoms with E-state index >= 15 is 0 Å². The lowest BCUT2D eigenvalue weighted by molar-refractivity contribution is 0.538. The molecule has 2 heteroatoms. The van der Waals surface area contributed by atoms with Crippen LogP contribution in [0.1, 0.15) is 96.8 Å². The maximum Gasteiger partial charge on any atom is -0.0366 e. The predicted octanol–water partition coefficient (Wildman–Crippen LogP) is 7.95. The van der Waals surface area contributed by atoms with Gasteiger partial charge in [0, 0.05) is 0 Å². The van der Waals surface area contributed by atoms with Crippen LogP contribution in [0.15, 0.2) is 0 Å². The molecule has 0 aromatic carbocycles. The molecule has 0 heterocycles. The summed E-state index contributed by atoms with van der Waals surface area (Å²) in [6.45, 7) is 9.70. The largest absolute Gasteiger partial charge is 0.134 e. The molecule has 0 aromatic heterocycles. The van der Waals surface area contributed by atoms with E-state index < -0.39 is 7.26 Å². The topological polar surface area (TPSA) is 0 Å². The molecule has 0 nitrogen and oxygen atoms in total. The van der Waals surface area contributed by atoms with Crippen LogP contribution in [0, 0.1) is 0 Å². The summed E-state index contributed by atoms with van der Waals surface area (Å²) in [5, 5.41) is 0. The van der Waals surface area contributed by atoms with E-state index in [1.807, 2.05) is 0 Å². The van der Waals surface area contributed by atoms with E-state index in [2.05, 4.69) is 26.9 Å². The minimum atomic E-state index is -0.500. The molecule has 0 aliphatic heterocycles. The third-order valence-corrected chi connectivity index (χ3v) is 5.84. The third kappa shape index (κ3) is 23.3. The first kappa shape index (κ1) is 24.2. The van der Waals surface area contributed by atoms with Crippen LogP contribution in [0.5, 0.6) is 0 Å². The fourth-order valence-electron chi connectivity index (χ4n) is 2.78. The molecule has 0 aliphatic rings. The second-order valence-electron chi connectivity index (χ2n) is 7.61. The van der Waals surface area contributed by atoms with Gasteiger partial charge in [0.15, 0.2) is 0 Å². The predicted molar refractivity (Wildman–Crippen MR) is 110 cm³/mol. The molecule has 0 saturated heterocycles. The molecule has 21 heavy (non-hydrogen) atoms. The summed E-state index contributed by atoms with van der Waals surface area (Å²) in [5.74, 6) is 0. The zero-order valence-corrected chi connectivity index (χ0v) is 18.1. The third-order valence-electron chi connectivity index (χ3n) is 4.18. The monoisotopic (exact) mass is 381 g/mol. The van der Waals surface area contributed by atoms with Gasteiger partial charge in [-0.25, -0.2) is 0 Å². The van der Waals surface area contributed by atoms with Gasteiger partial charge < -0.3 is 0 Å². The summed E-state index contributed by atoms with van der Waals surface area (Å²) >= 11 is 0. The van der Waals surface area contributed by atoms with Crippen LogP contribution >= 0.6 is 24.2 Å². The van der Waals surface area contributed by atoms with E-state index in [4.69, 9.17) is 0 Å². The molecule has 0 unspecified atom stereocenters. The zero-order chi connectivity index (χ0) is 15.1. The van der Waals surface area contributed by atoms with Crippen molar-refractivity contribution in [1.29, 1.82) is 0 Å². The summed E-state index contributed by atoms with van der Waals surface area (Å²) in [6.07, 6.45) is 22.1. The lowest BCUT2D eigenvalue weighted by Crippen LogP contribution is -1.92. The second-order valence-corrected chi connectivity index (χ2v) is 12.6. The molecule has 0 spiro atoms. The number of unbranched alkanes of at least 4 members (excludes halogenated alkanes) is 13. The molecular weight excluding hydrogens is 339 g/mol. The summed E-state index contributed by atoms with van der Waals surface area (Å²) in [5.41, 5.74) is 0. The van der Waals surface area contributed by atoms with Crippen molar-refractivity contribution in [2.75, 3.05) is 26.2 Å². The Balaban J connectivity index is 0. The first-order valence-corrected chi connectivity index (χ1v) is 12.7. The van der Waals surface area contributed by atoms with Gasteiger partial charge in [-0.15, -0.1) is 24.2 Å². The van der Waals surface area contributed by atoms with Gasteiger partial charge in [0.05, 0.1) is 0 Å². The van der Waals surface area contributed by atoms with Gasteiger partial charge in [-0.1, -0.05) is 90.4 Å². The Labute approximate surface area is 147 Å². The summed E-state index contributed by atoms with van der Waals surface area (Å²) in [4.78, 5) is 0. The Kier molecular flexibility index (Phi) is 19.9. The molecule has 0 N–H and O–H groups in total. The van der Waals surface area contributed by atoms with Gasteiger partial charge in [0.2, 0.25) is 0 Å². The van der Waals surface area contributed by atoms with E-state index in [9.17, 15) is 0 Å². The zero-order valence-electron chi connectivity index (χ0n) is 15.5. The summed E-state index contributed by atoms with van der Waals surface area (Å²) in [7, 11) is -0.500. The van der Waals surface area contributed by atoms with Crippen molar-refractivity contribution in [3.63, 3.8) is 0 Å². The highest BCUT2D eigenvalue weighted by atomic mass is 79.9. The van der Waals surface area contributed by atoms with Crippen LogP contribution in [-0.2, 0) is 0 Å². The molecule has 131 valence electrons. The Morgan fingerprint density at radius 2 is 0.762 bits per heavy atom. The fourth-order valence-corrected chi connectivity index (χ4v) is 3.95. The molecular formula is C19H43BrP. The molecule has 0 aliphatic carbocycles. The standard InChI is InChI=1S/C19H42P.BrH/c1-5-6-7-8-9-10-11-12-13-14-15-16-17-18-19-20(2,3)4;/h5-19H2,1-4H3;1H. The van der Waals surface area contributed by atoms with Crippen molar-refractivity contribution in [1.82, 2.24) is 0 Å². The quantitative estimate of drug-likeness (QED) is 0.199. The molecule has 0 atom stereocenters. The molecule has 0 aromatic rings. The number of rotatable bonds is 15. The van der Waals surface area contributed by atoms with Crippen molar-refractivity contribution in [2.45, 2.75) is 96.8 Å². The average Bonchev–Trinajstić information content (AvgIpc) is 2.38. The van der Waals surface area contributed by atoms with Crippen LogP contribution in [0.2, 0.25) is 0 Å². The van der Waals surface area contributed by atoms with Gasteiger partial charge in [0.25, 0.3) is 0 Å². The highest BCUT2D eigenvalue weighted by Crippen LogP contribution is 2.47. The van der Waals surface area contributed by atoms with Crippen LogP contribution in [-0.4, -0.2) is 26.2 Å². The maximum atomic E-state index is 2.47. The van der Waals surface area contributed by atoms with E-state index in [1.54, 1.807) is 0 Å². The molecule has 0 fully saturated rings. The van der Waals surface area contributed by atoms with Crippen molar-refractivity contribution in [3.8, 4) is 0 Å². The molecule has 0 rings (SSSR count). The highest BCUT2D eigenvalue weighted by Gasteiger charge is 2.05. The number of hydrogen-bond donors (Lipinski definition) is 0. The fraction of sp³-hybridized carbons (Fsp3) is 1.00. The molecule has 0 bridgehead atoms. The number of halogens is 1. The van der Waals surface area contributed by atoms with Crippen LogP contribution < -0.4 is 0 Å². The highest BCUT2D eigenvalue weighted by molar-refractivity contribution is 8.93. The van der Waals surface area contributed by atoms with Crippen molar-refractivity contribution in [2.24, 2.45) is 0 Å². The van der Waals surface area contributed by atoms with Gasteiger partial charge in [-0.3, -0.25) is 0 Å². The first-order chi connectivity index (χ1) is 9.56. The lowest BCUT2D eigenvalue weighted by Gasteiger charge is -2.20. The van der Waals surface area contributed by atoms with Gasteiger partial charge in [-0.05, 0) is 32.6 Å². The Morgan fingerprint density at radius 1 is 0.476 bits per heavy atom. The lowest BCUT2D eigenvalue weighted by atomic mass is 10.0. The summed E-state index contributed by atoms with van der Waals surface area (Å²) in [6, 6.07) is 0. The van der Waals surface area contributed by atoms with Crippen LogP contribution in [0.3, 0.4) is 0 Å². The minimum Gasteiger partial charge on any atom is -0.134 e. The van der Waals surface area contributed by atoms with Crippen molar-refractivity contribution >= 4 is 24.2 Å². The average molecular weight is 382 g/mol. The molecule has 0 saturated carbocycles. The Morgan fingerprint density at radius 3 is 1.05 bits per heavy atom. The van der Waals surface area contributed by atoms with E-state index in [0.717, 1.165) is 0 Å². The molecule has 1 radical (unpaired) electrons. The normalized spacial score (nSPS) is 11.4. The van der Waals surface area contributed by atoms with Gasteiger partial charge in [-0.2, -0.15) is 0 Å². The van der Waals surface area contributed by atoms with Crippen LogP contribution in [0.4, 0.5) is 0 Å². The van der Waals surface area contributed by atoms with Crippen LogP contribution in [0.25, 0.3) is 0 Å². The Bertz CT molecular complexity index is 186. The van der Waals surface area contributed by atoms with E-state index in [1.165, 1.54) is 96.1 Å². The molecule has 0 amide bonds. The van der Waals surface area contributed by atoms with Gasteiger partial charge in [0.1, 0.15) is 0 Å². The van der Waals surface area contributed by atoms with E-state index in [-0.39, 0.29) is 17.0 Å². The Hall–Kier alpha value is 0.910. The minimum absolute atomic E-state index is 0. The van der Waals surface area contributed by atoms with E-state index in [0.29, 0.717) is 0 Å². The number of hydrogen-bond acceptors (Lipinski definition) is 0. The smallest absolute Gasteiger partial charge is 0.0366 e. The first-order valence-electron chi connectivity index (χ1n) is 9.36. The van der Waals surface area contributed by atoms with Gasteiger partial charge >= 0.3 is 0 Å². The second kappa shape index (κ2) is 17.3. The van der Waals surface area contributed by atoms with Crippen molar-refractivity contribution in [3.05, 3.63) is 0 Å².